The van der Waals surface area contributed by atoms with E-state index in [4.69, 9.17) is 27.9 Å². The summed E-state index contributed by atoms with van der Waals surface area (Å²) in [5.74, 6) is -0.864. The molecule has 5 nitrogen and oxygen atoms in total. The molecule has 0 fully saturated rings. The molecule has 7 heteroatoms. The second-order valence-electron chi connectivity index (χ2n) is 5.90. The number of carbonyl (C=O) groups excluding carboxylic acids is 2. The van der Waals surface area contributed by atoms with Gasteiger partial charge in [0.1, 0.15) is 16.5 Å². The van der Waals surface area contributed by atoms with Crippen LogP contribution in [-0.2, 0) is 9.59 Å². The maximum atomic E-state index is 12.9. The fourth-order valence-corrected chi connectivity index (χ4v) is 3.05. The van der Waals surface area contributed by atoms with Gasteiger partial charge in [-0.2, -0.15) is 0 Å². The smallest absolute Gasteiger partial charge is 0.283 e. The van der Waals surface area contributed by atoms with Crippen molar-refractivity contribution in [2.75, 3.05) is 17.3 Å². The number of ether oxygens (including phenoxy) is 1. The standard InChI is InChI=1S/C19H16Cl2N2O3/c1-10-5-4-6-12(7-10)22-17-16(21)18(24)23(19(17)25)14-8-11(2)13(20)9-15(14)26-3/h4-9,22H,1-3H3. The van der Waals surface area contributed by atoms with E-state index in [0.29, 0.717) is 27.7 Å². The van der Waals surface area contributed by atoms with E-state index >= 15 is 0 Å². The highest BCUT2D eigenvalue weighted by molar-refractivity contribution is 6.53. The van der Waals surface area contributed by atoms with Crippen molar-refractivity contribution in [3.05, 3.63) is 63.3 Å². The summed E-state index contributed by atoms with van der Waals surface area (Å²) in [6.45, 7) is 3.70. The van der Waals surface area contributed by atoms with Crippen LogP contribution in [0.4, 0.5) is 11.4 Å². The molecule has 26 heavy (non-hydrogen) atoms. The van der Waals surface area contributed by atoms with Crippen LogP contribution >= 0.6 is 23.2 Å². The molecule has 2 aromatic rings. The molecule has 0 aromatic heterocycles. The molecule has 1 aliphatic rings. The zero-order valence-corrected chi connectivity index (χ0v) is 15.9. The zero-order chi connectivity index (χ0) is 19.0. The Kier molecular flexibility index (Phi) is 4.94. The summed E-state index contributed by atoms with van der Waals surface area (Å²) in [6.07, 6.45) is 0. The molecule has 0 unspecified atom stereocenters. The average Bonchev–Trinajstić information content (AvgIpc) is 2.81. The van der Waals surface area contributed by atoms with Crippen molar-refractivity contribution in [3.8, 4) is 5.75 Å². The SMILES string of the molecule is COc1cc(Cl)c(C)cc1N1C(=O)C(Cl)=C(Nc2cccc(C)c2)C1=O. The van der Waals surface area contributed by atoms with Crippen LogP contribution in [-0.4, -0.2) is 18.9 Å². The first kappa shape index (κ1) is 18.3. The minimum atomic E-state index is -0.619. The maximum Gasteiger partial charge on any atom is 0.283 e. The molecule has 0 atom stereocenters. The molecular formula is C19H16Cl2N2O3. The van der Waals surface area contributed by atoms with Gasteiger partial charge in [0, 0.05) is 16.8 Å². The number of hydrogen-bond donors (Lipinski definition) is 1. The summed E-state index contributed by atoms with van der Waals surface area (Å²) in [7, 11) is 1.44. The third-order valence-corrected chi connectivity index (χ3v) is 4.77. The van der Waals surface area contributed by atoms with Gasteiger partial charge in [-0.1, -0.05) is 35.3 Å². The molecule has 1 N–H and O–H groups in total. The Balaban J connectivity index is 2.00. The second kappa shape index (κ2) is 7.02. The Morgan fingerprint density at radius 1 is 1.04 bits per heavy atom. The molecule has 0 saturated heterocycles. The summed E-state index contributed by atoms with van der Waals surface area (Å²) in [5, 5.41) is 3.24. The molecule has 0 aliphatic carbocycles. The van der Waals surface area contributed by atoms with E-state index in [0.717, 1.165) is 10.5 Å². The van der Waals surface area contributed by atoms with Gasteiger partial charge >= 0.3 is 0 Å². The fraction of sp³-hybridized carbons (Fsp3) is 0.158. The van der Waals surface area contributed by atoms with Gasteiger partial charge in [0.2, 0.25) is 0 Å². The van der Waals surface area contributed by atoms with Crippen molar-refractivity contribution >= 4 is 46.4 Å². The molecule has 3 rings (SSSR count). The van der Waals surface area contributed by atoms with Crippen LogP contribution in [0.15, 0.2) is 47.1 Å². The summed E-state index contributed by atoms with van der Waals surface area (Å²) in [5.41, 5.74) is 2.70. The number of amides is 2. The van der Waals surface area contributed by atoms with Gasteiger partial charge in [-0.05, 0) is 43.2 Å². The van der Waals surface area contributed by atoms with Crippen molar-refractivity contribution < 1.29 is 14.3 Å². The number of carbonyl (C=O) groups is 2. The number of benzene rings is 2. The lowest BCUT2D eigenvalue weighted by Crippen LogP contribution is -2.32. The molecule has 2 amide bonds. The van der Waals surface area contributed by atoms with Crippen LogP contribution in [0.1, 0.15) is 11.1 Å². The fourth-order valence-electron chi connectivity index (χ4n) is 2.68. The predicted molar refractivity (Wildman–Crippen MR) is 103 cm³/mol. The molecule has 0 spiro atoms. The van der Waals surface area contributed by atoms with E-state index in [1.807, 2.05) is 25.1 Å². The van der Waals surface area contributed by atoms with E-state index in [2.05, 4.69) is 5.32 Å². The van der Waals surface area contributed by atoms with Crippen molar-refractivity contribution in [3.63, 3.8) is 0 Å². The van der Waals surface area contributed by atoms with Crippen LogP contribution in [0.5, 0.6) is 5.75 Å². The lowest BCUT2D eigenvalue weighted by Gasteiger charge is -2.19. The first-order chi connectivity index (χ1) is 12.3. The summed E-state index contributed by atoms with van der Waals surface area (Å²) >= 11 is 12.3. The minimum absolute atomic E-state index is 0.0249. The van der Waals surface area contributed by atoms with Crippen LogP contribution in [0.2, 0.25) is 5.02 Å². The van der Waals surface area contributed by atoms with Gasteiger partial charge in [0.25, 0.3) is 11.8 Å². The number of rotatable bonds is 4. The lowest BCUT2D eigenvalue weighted by atomic mass is 10.2. The Morgan fingerprint density at radius 2 is 1.77 bits per heavy atom. The molecular weight excluding hydrogens is 375 g/mol. The lowest BCUT2D eigenvalue weighted by molar-refractivity contribution is -0.120. The van der Waals surface area contributed by atoms with E-state index in [1.54, 1.807) is 25.1 Å². The van der Waals surface area contributed by atoms with Crippen LogP contribution in [0.25, 0.3) is 0 Å². The minimum Gasteiger partial charge on any atom is -0.494 e. The summed E-state index contributed by atoms with van der Waals surface area (Å²) in [4.78, 5) is 26.5. The molecule has 0 saturated carbocycles. The molecule has 0 radical (unpaired) electrons. The second-order valence-corrected chi connectivity index (χ2v) is 6.69. The molecule has 134 valence electrons. The molecule has 2 aromatic carbocycles. The number of methoxy groups -OCH3 is 1. The topological polar surface area (TPSA) is 58.6 Å². The van der Waals surface area contributed by atoms with E-state index in [9.17, 15) is 9.59 Å². The Labute approximate surface area is 161 Å². The Morgan fingerprint density at radius 3 is 2.42 bits per heavy atom. The number of aryl methyl sites for hydroxylation is 2. The zero-order valence-electron chi connectivity index (χ0n) is 14.4. The predicted octanol–water partition coefficient (Wildman–Crippen LogP) is 4.40. The molecule has 1 heterocycles. The van der Waals surface area contributed by atoms with Gasteiger partial charge in [0.05, 0.1) is 12.8 Å². The third-order valence-electron chi connectivity index (χ3n) is 4.02. The average molecular weight is 391 g/mol. The summed E-state index contributed by atoms with van der Waals surface area (Å²) < 4.78 is 5.28. The highest BCUT2D eigenvalue weighted by atomic mass is 35.5. The maximum absolute atomic E-state index is 12.9. The highest BCUT2D eigenvalue weighted by Crippen LogP contribution is 2.38. The first-order valence-electron chi connectivity index (χ1n) is 7.80. The van der Waals surface area contributed by atoms with Crippen molar-refractivity contribution in [1.29, 1.82) is 0 Å². The first-order valence-corrected chi connectivity index (χ1v) is 8.55. The van der Waals surface area contributed by atoms with Crippen LogP contribution in [0.3, 0.4) is 0 Å². The summed E-state index contributed by atoms with van der Waals surface area (Å²) in [6, 6.07) is 10.6. The number of nitrogens with one attached hydrogen (secondary N) is 1. The molecule has 0 bridgehead atoms. The van der Waals surface area contributed by atoms with Gasteiger partial charge in [0.15, 0.2) is 0 Å². The number of imide groups is 1. The van der Waals surface area contributed by atoms with Crippen LogP contribution in [0, 0.1) is 13.8 Å². The number of hydrogen-bond acceptors (Lipinski definition) is 4. The number of nitrogens with zero attached hydrogens (tertiary/aromatic N) is 1. The quantitative estimate of drug-likeness (QED) is 0.785. The number of halogens is 2. The van der Waals surface area contributed by atoms with E-state index < -0.39 is 11.8 Å². The van der Waals surface area contributed by atoms with Crippen LogP contribution < -0.4 is 15.0 Å². The van der Waals surface area contributed by atoms with E-state index in [-0.39, 0.29) is 10.7 Å². The van der Waals surface area contributed by atoms with Crippen molar-refractivity contribution in [2.45, 2.75) is 13.8 Å². The highest BCUT2D eigenvalue weighted by Gasteiger charge is 2.40. The number of anilines is 2. The third kappa shape index (κ3) is 3.16. The molecule has 1 aliphatic heterocycles. The van der Waals surface area contributed by atoms with Crippen molar-refractivity contribution in [2.24, 2.45) is 0 Å². The van der Waals surface area contributed by atoms with Gasteiger partial charge < -0.3 is 10.1 Å². The monoisotopic (exact) mass is 390 g/mol. The van der Waals surface area contributed by atoms with Gasteiger partial charge in [-0.25, -0.2) is 4.90 Å². The van der Waals surface area contributed by atoms with E-state index in [1.165, 1.54) is 7.11 Å². The normalized spacial score (nSPS) is 14.3. The largest absolute Gasteiger partial charge is 0.494 e. The van der Waals surface area contributed by atoms with Gasteiger partial charge in [-0.15, -0.1) is 0 Å². The Hall–Kier alpha value is -2.50. The van der Waals surface area contributed by atoms with Gasteiger partial charge in [-0.3, -0.25) is 9.59 Å². The Bertz CT molecular complexity index is 954. The van der Waals surface area contributed by atoms with Crippen molar-refractivity contribution in [1.82, 2.24) is 0 Å².